The van der Waals surface area contributed by atoms with Crippen molar-refractivity contribution in [2.24, 2.45) is 5.73 Å². The van der Waals surface area contributed by atoms with Gasteiger partial charge in [0.1, 0.15) is 0 Å². The Morgan fingerprint density at radius 3 is 2.21 bits per heavy atom. The Balaban J connectivity index is 2.85. The Kier molecular flexibility index (Phi) is 2.49. The van der Waals surface area contributed by atoms with E-state index in [0.717, 1.165) is 5.06 Å². The molecule has 2 amide bonds. The van der Waals surface area contributed by atoms with Crippen LogP contribution in [0.3, 0.4) is 0 Å². The predicted octanol–water partition coefficient (Wildman–Crippen LogP) is 0.632. The van der Waals surface area contributed by atoms with Gasteiger partial charge in [-0.05, 0) is 34.1 Å². The van der Waals surface area contributed by atoms with E-state index in [1.165, 1.54) is 0 Å². The molecule has 1 aliphatic heterocycles. The number of nitrogens with zero attached hydrogens (tertiary/aromatic N) is 1. The van der Waals surface area contributed by atoms with Crippen molar-refractivity contribution in [3.8, 4) is 0 Å². The molecule has 14 heavy (non-hydrogen) atoms. The number of carbonyl (C=O) groups is 1. The lowest BCUT2D eigenvalue weighted by Crippen LogP contribution is -2.53. The quantitative estimate of drug-likeness (QED) is 0.651. The van der Waals surface area contributed by atoms with E-state index in [4.69, 9.17) is 5.73 Å². The topological polar surface area (TPSA) is 78.3 Å². The highest BCUT2D eigenvalue weighted by atomic mass is 16.5. The highest BCUT2D eigenvalue weighted by Crippen LogP contribution is 2.39. The van der Waals surface area contributed by atoms with Crippen LogP contribution in [0.25, 0.3) is 0 Å². The zero-order chi connectivity index (χ0) is 11.1. The van der Waals surface area contributed by atoms with Crippen LogP contribution in [0.2, 0.25) is 0 Å². The van der Waals surface area contributed by atoms with Gasteiger partial charge in [0, 0.05) is 5.54 Å². The lowest BCUT2D eigenvalue weighted by molar-refractivity contribution is -0.245. The van der Waals surface area contributed by atoms with Crippen LogP contribution in [0.4, 0.5) is 4.79 Å². The molecule has 5 heteroatoms. The molecule has 0 aromatic rings. The predicted molar refractivity (Wildman–Crippen MR) is 51.8 cm³/mol. The molecule has 5 nitrogen and oxygen atoms in total. The SMILES string of the molecule is CC1(C)CC(NC(N)=O)C(C)(C)N1[O]. The zero-order valence-corrected chi connectivity index (χ0v) is 9.13. The van der Waals surface area contributed by atoms with Crippen LogP contribution < -0.4 is 11.1 Å². The van der Waals surface area contributed by atoms with Gasteiger partial charge >= 0.3 is 6.03 Å². The van der Waals surface area contributed by atoms with Crippen LogP contribution in [0.5, 0.6) is 0 Å². The van der Waals surface area contributed by atoms with Gasteiger partial charge in [0.2, 0.25) is 0 Å². The van der Waals surface area contributed by atoms with Crippen LogP contribution in [0, 0.1) is 0 Å². The number of nitrogens with two attached hydrogens (primary N) is 1. The van der Waals surface area contributed by atoms with Crippen LogP contribution in [-0.2, 0) is 5.21 Å². The minimum Gasteiger partial charge on any atom is -0.352 e. The number of nitrogens with one attached hydrogen (secondary N) is 1. The van der Waals surface area contributed by atoms with E-state index in [1.807, 2.05) is 27.7 Å². The third kappa shape index (κ3) is 1.69. The molecule has 0 aromatic heterocycles. The number of hydrogen-bond acceptors (Lipinski definition) is 2. The van der Waals surface area contributed by atoms with Gasteiger partial charge < -0.3 is 11.1 Å². The van der Waals surface area contributed by atoms with Crippen LogP contribution in [0.15, 0.2) is 0 Å². The minimum absolute atomic E-state index is 0.188. The first-order valence-corrected chi connectivity index (χ1v) is 4.71. The van der Waals surface area contributed by atoms with E-state index in [0.29, 0.717) is 6.42 Å². The van der Waals surface area contributed by atoms with E-state index in [1.54, 1.807) is 0 Å². The van der Waals surface area contributed by atoms with Crippen molar-refractivity contribution in [1.82, 2.24) is 10.4 Å². The largest absolute Gasteiger partial charge is 0.352 e. The Morgan fingerprint density at radius 1 is 1.43 bits per heavy atom. The molecular formula is C9H18N3O2. The molecule has 0 bridgehead atoms. The number of hydrogen-bond donors (Lipinski definition) is 2. The summed E-state index contributed by atoms with van der Waals surface area (Å²) in [6.07, 6.45) is 0.618. The fraction of sp³-hybridized carbons (Fsp3) is 0.889. The molecular weight excluding hydrogens is 182 g/mol. The molecule has 1 radical (unpaired) electrons. The number of amides is 2. The minimum atomic E-state index is -0.599. The van der Waals surface area contributed by atoms with Gasteiger partial charge in [0.05, 0.1) is 11.6 Å². The average molecular weight is 200 g/mol. The Hall–Kier alpha value is -0.810. The van der Waals surface area contributed by atoms with Crippen molar-refractivity contribution in [2.75, 3.05) is 0 Å². The van der Waals surface area contributed by atoms with Crippen LogP contribution in [-0.4, -0.2) is 28.2 Å². The van der Waals surface area contributed by atoms with Gasteiger partial charge in [-0.25, -0.2) is 4.79 Å². The summed E-state index contributed by atoms with van der Waals surface area (Å²) >= 11 is 0. The standard InChI is InChI=1S/C9H18N3O2/c1-8(2)5-6(11-7(10)13)9(3,4)12(8)14/h6H,5H2,1-4H3,(H3,10,11,13). The lowest BCUT2D eigenvalue weighted by Gasteiger charge is -2.33. The molecule has 1 fully saturated rings. The molecule has 0 saturated carbocycles. The monoisotopic (exact) mass is 200 g/mol. The van der Waals surface area contributed by atoms with E-state index >= 15 is 0 Å². The molecule has 0 aromatic carbocycles. The summed E-state index contributed by atoms with van der Waals surface area (Å²) in [6, 6.07) is -0.762. The lowest BCUT2D eigenvalue weighted by atomic mass is 9.94. The molecule has 1 rings (SSSR count). The number of carbonyl (C=O) groups excluding carboxylic acids is 1. The van der Waals surface area contributed by atoms with E-state index in [2.05, 4.69) is 5.32 Å². The normalized spacial score (nSPS) is 30.2. The summed E-state index contributed by atoms with van der Waals surface area (Å²) in [7, 11) is 0. The highest BCUT2D eigenvalue weighted by molar-refractivity contribution is 5.72. The van der Waals surface area contributed by atoms with Crippen molar-refractivity contribution < 1.29 is 10.0 Å². The summed E-state index contributed by atoms with van der Waals surface area (Å²) < 4.78 is 0. The first-order valence-electron chi connectivity index (χ1n) is 4.71. The molecule has 1 heterocycles. The van der Waals surface area contributed by atoms with Gasteiger partial charge in [0.15, 0.2) is 0 Å². The Labute approximate surface area is 84.2 Å². The van der Waals surface area contributed by atoms with Crippen molar-refractivity contribution >= 4 is 6.03 Å². The molecule has 3 N–H and O–H groups in total. The van der Waals surface area contributed by atoms with Crippen molar-refractivity contribution in [3.05, 3.63) is 0 Å². The van der Waals surface area contributed by atoms with Crippen LogP contribution in [0.1, 0.15) is 34.1 Å². The molecule has 0 spiro atoms. The summed E-state index contributed by atoms with van der Waals surface area (Å²) in [5.74, 6) is 0. The van der Waals surface area contributed by atoms with E-state index < -0.39 is 17.1 Å². The number of rotatable bonds is 1. The maximum absolute atomic E-state index is 11.9. The maximum atomic E-state index is 11.9. The second-order valence-electron chi connectivity index (χ2n) is 5.03. The van der Waals surface area contributed by atoms with Crippen LogP contribution >= 0.6 is 0 Å². The fourth-order valence-corrected chi connectivity index (χ4v) is 2.15. The van der Waals surface area contributed by atoms with Gasteiger partial charge in [-0.3, -0.25) is 0 Å². The van der Waals surface area contributed by atoms with Crippen molar-refractivity contribution in [3.63, 3.8) is 0 Å². The van der Waals surface area contributed by atoms with E-state index in [-0.39, 0.29) is 6.04 Å². The molecule has 1 saturated heterocycles. The summed E-state index contributed by atoms with van der Waals surface area (Å²) in [6.45, 7) is 7.36. The van der Waals surface area contributed by atoms with Gasteiger partial charge in [-0.15, -0.1) is 10.3 Å². The first-order chi connectivity index (χ1) is 6.18. The number of hydroxylamine groups is 2. The van der Waals surface area contributed by atoms with Gasteiger partial charge in [0.25, 0.3) is 0 Å². The second-order valence-corrected chi connectivity index (χ2v) is 5.03. The summed E-state index contributed by atoms with van der Waals surface area (Å²) in [4.78, 5) is 10.8. The smallest absolute Gasteiger partial charge is 0.312 e. The third-order valence-electron chi connectivity index (χ3n) is 2.95. The highest BCUT2D eigenvalue weighted by Gasteiger charge is 2.52. The molecule has 1 aliphatic rings. The Bertz CT molecular complexity index is 250. The molecule has 1 unspecified atom stereocenters. The van der Waals surface area contributed by atoms with Crippen molar-refractivity contribution in [1.29, 1.82) is 0 Å². The fourth-order valence-electron chi connectivity index (χ4n) is 2.15. The second kappa shape index (κ2) is 3.10. The number of primary amides is 1. The zero-order valence-electron chi connectivity index (χ0n) is 9.13. The molecule has 0 aliphatic carbocycles. The third-order valence-corrected chi connectivity index (χ3v) is 2.95. The van der Waals surface area contributed by atoms with Crippen molar-refractivity contribution in [2.45, 2.75) is 51.2 Å². The molecule has 81 valence electrons. The average Bonchev–Trinajstić information content (AvgIpc) is 2.12. The Morgan fingerprint density at radius 2 is 1.93 bits per heavy atom. The maximum Gasteiger partial charge on any atom is 0.312 e. The molecule has 1 atom stereocenters. The van der Waals surface area contributed by atoms with E-state index in [9.17, 15) is 10.0 Å². The summed E-state index contributed by atoms with van der Waals surface area (Å²) in [5.41, 5.74) is 4.01. The number of urea groups is 1. The first kappa shape index (κ1) is 11.3. The van der Waals surface area contributed by atoms with Gasteiger partial charge in [-0.2, -0.15) is 0 Å². The van der Waals surface area contributed by atoms with Gasteiger partial charge in [-0.1, -0.05) is 0 Å². The summed E-state index contributed by atoms with van der Waals surface area (Å²) in [5, 5.41) is 15.5.